The Balaban J connectivity index is 1.51. The van der Waals surface area contributed by atoms with Gasteiger partial charge in [-0.2, -0.15) is 0 Å². The van der Waals surface area contributed by atoms with Gasteiger partial charge < -0.3 is 20.3 Å². The molecule has 7 nitrogen and oxygen atoms in total. The molecule has 156 valence electrons. The number of hydrogen-bond acceptors (Lipinski definition) is 7. The van der Waals surface area contributed by atoms with Gasteiger partial charge in [0.15, 0.2) is 4.34 Å². The van der Waals surface area contributed by atoms with E-state index in [1.54, 1.807) is 23.1 Å². The van der Waals surface area contributed by atoms with Crippen molar-refractivity contribution < 1.29 is 14.3 Å². The number of thioether (sulfide) groups is 1. The number of nitrogens with zero attached hydrogens (tertiary/aromatic N) is 2. The molecule has 1 aliphatic rings. The molecule has 1 aromatic heterocycles. The molecular formula is C20H26N4O3S2. The van der Waals surface area contributed by atoms with Gasteiger partial charge in [0.2, 0.25) is 5.91 Å². The fourth-order valence-electron chi connectivity index (χ4n) is 3.14. The number of nitrogens with one attached hydrogen (secondary N) is 2. The average molecular weight is 435 g/mol. The number of carbonyl (C=O) groups is 2. The van der Waals surface area contributed by atoms with Crippen molar-refractivity contribution in [2.75, 3.05) is 44.4 Å². The summed E-state index contributed by atoms with van der Waals surface area (Å²) in [6.07, 6.45) is 3.08. The first-order valence-electron chi connectivity index (χ1n) is 9.59. The minimum atomic E-state index is -0.445. The molecule has 9 heteroatoms. The van der Waals surface area contributed by atoms with E-state index in [1.807, 2.05) is 18.2 Å². The zero-order chi connectivity index (χ0) is 20.6. The minimum absolute atomic E-state index is 0.0442. The summed E-state index contributed by atoms with van der Waals surface area (Å²) in [7, 11) is 2.06. The van der Waals surface area contributed by atoms with Crippen LogP contribution in [0.15, 0.2) is 35.2 Å². The first-order chi connectivity index (χ1) is 14.0. The molecule has 2 heterocycles. The summed E-state index contributed by atoms with van der Waals surface area (Å²) in [5.41, 5.74) is 1.72. The molecule has 1 aromatic carbocycles. The maximum Gasteiger partial charge on any atom is 0.407 e. The van der Waals surface area contributed by atoms with E-state index in [4.69, 9.17) is 4.74 Å². The van der Waals surface area contributed by atoms with E-state index >= 15 is 0 Å². The van der Waals surface area contributed by atoms with E-state index in [1.165, 1.54) is 6.08 Å². The van der Waals surface area contributed by atoms with E-state index in [-0.39, 0.29) is 18.4 Å². The van der Waals surface area contributed by atoms with Gasteiger partial charge in [0.1, 0.15) is 6.61 Å². The van der Waals surface area contributed by atoms with Crippen LogP contribution in [-0.4, -0.2) is 60.9 Å². The third-order valence-electron chi connectivity index (χ3n) is 4.56. The van der Waals surface area contributed by atoms with Gasteiger partial charge in [-0.1, -0.05) is 24.4 Å². The number of aromatic nitrogens is 1. The monoisotopic (exact) mass is 434 g/mol. The Morgan fingerprint density at radius 3 is 3.14 bits per heavy atom. The van der Waals surface area contributed by atoms with Crippen molar-refractivity contribution in [1.82, 2.24) is 15.2 Å². The van der Waals surface area contributed by atoms with Crippen molar-refractivity contribution in [3.8, 4) is 0 Å². The molecule has 3 rings (SSSR count). The number of rotatable bonds is 8. The molecule has 1 saturated heterocycles. The Kier molecular flexibility index (Phi) is 7.91. The van der Waals surface area contributed by atoms with Crippen molar-refractivity contribution in [3.05, 3.63) is 30.9 Å². The lowest BCUT2D eigenvalue weighted by Crippen LogP contribution is -2.38. The predicted molar refractivity (Wildman–Crippen MR) is 119 cm³/mol. The number of amides is 2. The van der Waals surface area contributed by atoms with Crippen LogP contribution in [0.2, 0.25) is 0 Å². The molecule has 0 aliphatic carbocycles. The zero-order valence-electron chi connectivity index (χ0n) is 16.5. The third-order valence-corrected chi connectivity index (χ3v) is 6.72. The Hall–Kier alpha value is -2.10. The van der Waals surface area contributed by atoms with Gasteiger partial charge in [-0.15, -0.1) is 11.3 Å². The topological polar surface area (TPSA) is 83.6 Å². The molecule has 0 bridgehead atoms. The number of anilines is 1. The van der Waals surface area contributed by atoms with Crippen LogP contribution in [0, 0.1) is 5.92 Å². The molecule has 0 radical (unpaired) electrons. The van der Waals surface area contributed by atoms with Crippen molar-refractivity contribution in [1.29, 1.82) is 0 Å². The number of thiazole rings is 1. The highest BCUT2D eigenvalue weighted by atomic mass is 32.2. The van der Waals surface area contributed by atoms with E-state index in [2.05, 4.69) is 34.1 Å². The third kappa shape index (κ3) is 6.45. The Labute approximate surface area is 178 Å². The molecule has 2 N–H and O–H groups in total. The second-order valence-electron chi connectivity index (χ2n) is 6.92. The second-order valence-corrected chi connectivity index (χ2v) is 9.29. The van der Waals surface area contributed by atoms with Crippen molar-refractivity contribution in [2.45, 2.75) is 17.2 Å². The zero-order valence-corrected chi connectivity index (χ0v) is 18.1. The van der Waals surface area contributed by atoms with Gasteiger partial charge in [0, 0.05) is 24.5 Å². The quantitative estimate of drug-likeness (QED) is 0.375. The summed E-state index contributed by atoms with van der Waals surface area (Å²) < 4.78 is 6.82. The summed E-state index contributed by atoms with van der Waals surface area (Å²) in [5.74, 6) is 0.828. The van der Waals surface area contributed by atoms with Gasteiger partial charge in [0.25, 0.3) is 0 Å². The second kappa shape index (κ2) is 10.6. The molecule has 1 aliphatic heterocycles. The number of alkyl carbamates (subject to hydrolysis) is 1. The van der Waals surface area contributed by atoms with Crippen molar-refractivity contribution in [2.24, 2.45) is 5.92 Å². The van der Waals surface area contributed by atoms with Crippen LogP contribution in [0.1, 0.15) is 12.8 Å². The molecule has 1 unspecified atom stereocenters. The largest absolute Gasteiger partial charge is 0.445 e. The smallest absolute Gasteiger partial charge is 0.407 e. The molecular weight excluding hydrogens is 408 g/mol. The molecule has 1 fully saturated rings. The number of benzene rings is 1. The van der Waals surface area contributed by atoms with Gasteiger partial charge in [-0.25, -0.2) is 9.78 Å². The number of likely N-dealkylation sites (tertiary alicyclic amines) is 1. The van der Waals surface area contributed by atoms with Crippen LogP contribution >= 0.6 is 23.1 Å². The number of piperidine rings is 1. The molecule has 2 amide bonds. The van der Waals surface area contributed by atoms with Gasteiger partial charge in [-0.05, 0) is 44.6 Å². The normalized spacial score (nSPS) is 17.1. The summed E-state index contributed by atoms with van der Waals surface area (Å²) in [5, 5.41) is 5.74. The lowest BCUT2D eigenvalue weighted by Gasteiger charge is -2.28. The summed E-state index contributed by atoms with van der Waals surface area (Å²) in [4.78, 5) is 30.7. The average Bonchev–Trinajstić information content (AvgIpc) is 3.11. The summed E-state index contributed by atoms with van der Waals surface area (Å²) in [6.45, 7) is 6.06. The lowest BCUT2D eigenvalue weighted by molar-refractivity contribution is -0.121. The predicted octanol–water partition coefficient (Wildman–Crippen LogP) is 3.58. The van der Waals surface area contributed by atoms with E-state index in [0.29, 0.717) is 12.3 Å². The molecule has 0 saturated carbocycles. The van der Waals surface area contributed by atoms with Crippen LogP contribution in [0.25, 0.3) is 10.2 Å². The van der Waals surface area contributed by atoms with Crippen LogP contribution in [-0.2, 0) is 9.53 Å². The highest BCUT2D eigenvalue weighted by Crippen LogP contribution is 2.31. The van der Waals surface area contributed by atoms with Crippen LogP contribution in [0.4, 0.5) is 10.5 Å². The van der Waals surface area contributed by atoms with Gasteiger partial charge >= 0.3 is 6.09 Å². The first kappa shape index (κ1) is 21.6. The Morgan fingerprint density at radius 1 is 1.48 bits per heavy atom. The maximum atomic E-state index is 12.5. The van der Waals surface area contributed by atoms with Crippen LogP contribution < -0.4 is 10.6 Å². The highest BCUT2D eigenvalue weighted by Gasteiger charge is 2.24. The SMILES string of the molecule is C=CCOC(=O)NCCSc1nc2ccc(NC(=O)C3CCCN(C)C3)cc2s1. The Bertz CT molecular complexity index is 871. The fourth-order valence-corrected chi connectivity index (χ4v) is 5.18. The van der Waals surface area contributed by atoms with Gasteiger partial charge in [-0.3, -0.25) is 4.79 Å². The molecule has 1 atom stereocenters. The van der Waals surface area contributed by atoms with Crippen molar-refractivity contribution in [3.63, 3.8) is 0 Å². The van der Waals surface area contributed by atoms with E-state index in [0.717, 1.165) is 46.2 Å². The lowest BCUT2D eigenvalue weighted by atomic mass is 9.97. The standard InChI is InChI=1S/C20H26N4O3S2/c1-3-10-27-19(26)21-8-11-28-20-23-16-7-6-15(12-17(16)29-20)22-18(25)14-5-4-9-24(2)13-14/h3,6-7,12,14H,1,4-5,8-11,13H2,2H3,(H,21,26)(H,22,25). The van der Waals surface area contributed by atoms with Crippen LogP contribution in [0.5, 0.6) is 0 Å². The maximum absolute atomic E-state index is 12.5. The minimum Gasteiger partial charge on any atom is -0.445 e. The summed E-state index contributed by atoms with van der Waals surface area (Å²) in [6, 6.07) is 5.81. The highest BCUT2D eigenvalue weighted by molar-refractivity contribution is 8.01. The van der Waals surface area contributed by atoms with Crippen LogP contribution in [0.3, 0.4) is 0 Å². The van der Waals surface area contributed by atoms with Gasteiger partial charge in [0.05, 0.1) is 16.1 Å². The number of fused-ring (bicyclic) bond motifs is 1. The van der Waals surface area contributed by atoms with E-state index in [9.17, 15) is 9.59 Å². The molecule has 2 aromatic rings. The number of hydrogen-bond donors (Lipinski definition) is 2. The molecule has 0 spiro atoms. The van der Waals surface area contributed by atoms with Crippen molar-refractivity contribution >= 4 is 51.0 Å². The number of carbonyl (C=O) groups excluding carboxylic acids is 2. The fraction of sp³-hybridized carbons (Fsp3) is 0.450. The number of ether oxygens (including phenoxy) is 1. The summed E-state index contributed by atoms with van der Waals surface area (Å²) >= 11 is 3.16. The van der Waals surface area contributed by atoms with E-state index < -0.39 is 6.09 Å². The Morgan fingerprint density at radius 2 is 2.34 bits per heavy atom. The first-order valence-corrected chi connectivity index (χ1v) is 11.4. The molecule has 29 heavy (non-hydrogen) atoms.